The number of nitrogens with zero attached hydrogens (tertiary/aromatic N) is 4. The van der Waals surface area contributed by atoms with Crippen LogP contribution in [-0.2, 0) is 0 Å². The van der Waals surface area contributed by atoms with Crippen molar-refractivity contribution >= 4 is 43.4 Å². The van der Waals surface area contributed by atoms with Gasteiger partial charge in [0.2, 0.25) is 0 Å². The van der Waals surface area contributed by atoms with Crippen LogP contribution < -0.4 is 0 Å². The van der Waals surface area contributed by atoms with Gasteiger partial charge < -0.3 is 0 Å². The summed E-state index contributed by atoms with van der Waals surface area (Å²) in [5.74, 6) is 0. The molecule has 0 bridgehead atoms. The van der Waals surface area contributed by atoms with Crippen LogP contribution in [0.3, 0.4) is 0 Å². The molecule has 0 unspecified atom stereocenters. The van der Waals surface area contributed by atoms with Gasteiger partial charge >= 0.3 is 0 Å². The van der Waals surface area contributed by atoms with Crippen LogP contribution in [0, 0.1) is 0 Å². The summed E-state index contributed by atoms with van der Waals surface area (Å²) in [6.45, 7) is 0. The Hall–Kier alpha value is -5.35. The highest BCUT2D eigenvalue weighted by Crippen LogP contribution is 2.44. The maximum atomic E-state index is 4.80. The Morgan fingerprint density at radius 1 is 0.436 bits per heavy atom. The summed E-state index contributed by atoms with van der Waals surface area (Å²) in [7, 11) is 0. The predicted molar refractivity (Wildman–Crippen MR) is 160 cm³/mol. The summed E-state index contributed by atoms with van der Waals surface area (Å²) in [5.41, 5.74) is 7.43. The standard InChI is InChI=1S/C35H22N4/c1-2-8-24-21-25(14-13-23(24)7-1)34-28-9-3-5-11-30(28)35(31-12-6-4-10-29(31)34)26-15-16-32-33(22-26)38-39(37-32)27-17-19-36-20-18-27/h1-22H. The lowest BCUT2D eigenvalue weighted by Crippen LogP contribution is -1.97. The average Bonchev–Trinajstić information content (AvgIpc) is 3.44. The van der Waals surface area contributed by atoms with Crippen molar-refractivity contribution in [2.45, 2.75) is 0 Å². The third kappa shape index (κ3) is 3.50. The summed E-state index contributed by atoms with van der Waals surface area (Å²) in [6, 6.07) is 43.0. The van der Waals surface area contributed by atoms with Crippen molar-refractivity contribution in [3.8, 4) is 27.9 Å². The zero-order valence-corrected chi connectivity index (χ0v) is 21.0. The molecule has 0 N–H and O–H groups in total. The molecule has 0 saturated carbocycles. The second-order valence-electron chi connectivity index (χ2n) is 9.80. The summed E-state index contributed by atoms with van der Waals surface area (Å²) >= 11 is 0. The monoisotopic (exact) mass is 498 g/mol. The summed E-state index contributed by atoms with van der Waals surface area (Å²) < 4.78 is 0. The Kier molecular flexibility index (Phi) is 4.79. The maximum Gasteiger partial charge on any atom is 0.114 e. The van der Waals surface area contributed by atoms with E-state index in [2.05, 4.69) is 114 Å². The highest BCUT2D eigenvalue weighted by molar-refractivity contribution is 6.22. The summed E-state index contributed by atoms with van der Waals surface area (Å²) in [4.78, 5) is 5.79. The van der Waals surface area contributed by atoms with E-state index in [9.17, 15) is 0 Å². The number of hydrogen-bond donors (Lipinski definition) is 0. The number of aromatic nitrogens is 4. The first kappa shape index (κ1) is 21.7. The Morgan fingerprint density at radius 3 is 1.64 bits per heavy atom. The second kappa shape index (κ2) is 8.61. The minimum Gasteiger partial charge on any atom is -0.265 e. The molecule has 0 aliphatic heterocycles. The molecule has 2 aromatic heterocycles. The largest absolute Gasteiger partial charge is 0.265 e. The molecule has 8 aromatic rings. The molecular weight excluding hydrogens is 476 g/mol. The molecule has 0 aliphatic carbocycles. The van der Waals surface area contributed by atoms with Crippen molar-refractivity contribution in [3.05, 3.63) is 134 Å². The first-order valence-corrected chi connectivity index (χ1v) is 13.0. The van der Waals surface area contributed by atoms with Gasteiger partial charge in [-0.05, 0) is 84.9 Å². The van der Waals surface area contributed by atoms with Crippen LogP contribution >= 0.6 is 0 Å². The van der Waals surface area contributed by atoms with Crippen LogP contribution in [0.15, 0.2) is 134 Å². The van der Waals surface area contributed by atoms with E-state index in [0.717, 1.165) is 22.3 Å². The van der Waals surface area contributed by atoms with Crippen LogP contribution in [0.5, 0.6) is 0 Å². The summed E-state index contributed by atoms with van der Waals surface area (Å²) in [6.07, 6.45) is 3.51. The number of rotatable bonds is 3. The molecule has 0 atom stereocenters. The molecule has 4 nitrogen and oxygen atoms in total. The van der Waals surface area contributed by atoms with E-state index in [4.69, 9.17) is 10.2 Å². The highest BCUT2D eigenvalue weighted by atomic mass is 15.5. The lowest BCUT2D eigenvalue weighted by molar-refractivity contribution is 0.764. The molecule has 6 aromatic carbocycles. The van der Waals surface area contributed by atoms with Crippen molar-refractivity contribution < 1.29 is 0 Å². The molecular formula is C35H22N4. The van der Waals surface area contributed by atoms with Gasteiger partial charge in [-0.15, -0.1) is 10.2 Å². The quantitative estimate of drug-likeness (QED) is 0.229. The lowest BCUT2D eigenvalue weighted by Gasteiger charge is -2.18. The van der Waals surface area contributed by atoms with Gasteiger partial charge in [0.25, 0.3) is 0 Å². The molecule has 0 radical (unpaired) electrons. The smallest absolute Gasteiger partial charge is 0.114 e. The lowest BCUT2D eigenvalue weighted by atomic mass is 9.85. The fourth-order valence-corrected chi connectivity index (χ4v) is 5.76. The molecule has 182 valence electrons. The molecule has 0 amide bonds. The fourth-order valence-electron chi connectivity index (χ4n) is 5.76. The normalized spacial score (nSPS) is 11.6. The van der Waals surface area contributed by atoms with Crippen LogP contribution in [0.4, 0.5) is 0 Å². The molecule has 0 spiro atoms. The van der Waals surface area contributed by atoms with Crippen molar-refractivity contribution in [3.63, 3.8) is 0 Å². The van der Waals surface area contributed by atoms with Crippen LogP contribution in [-0.4, -0.2) is 20.0 Å². The van der Waals surface area contributed by atoms with E-state index >= 15 is 0 Å². The molecule has 8 rings (SSSR count). The Balaban J connectivity index is 1.40. The molecule has 0 aliphatic rings. The minimum absolute atomic E-state index is 0.857. The van der Waals surface area contributed by atoms with Gasteiger partial charge in [0.05, 0.1) is 5.69 Å². The van der Waals surface area contributed by atoms with E-state index in [1.165, 1.54) is 49.0 Å². The zero-order valence-electron chi connectivity index (χ0n) is 21.0. The number of hydrogen-bond acceptors (Lipinski definition) is 3. The maximum absolute atomic E-state index is 4.80. The molecule has 0 saturated heterocycles. The first-order chi connectivity index (χ1) is 19.3. The van der Waals surface area contributed by atoms with Gasteiger partial charge in [-0.1, -0.05) is 91.0 Å². The van der Waals surface area contributed by atoms with Crippen molar-refractivity contribution in [2.75, 3.05) is 0 Å². The Labute approximate surface area is 224 Å². The van der Waals surface area contributed by atoms with E-state index in [1.54, 1.807) is 17.2 Å². The third-order valence-electron chi connectivity index (χ3n) is 7.53. The van der Waals surface area contributed by atoms with Gasteiger partial charge in [0.15, 0.2) is 0 Å². The van der Waals surface area contributed by atoms with Crippen molar-refractivity contribution in [2.24, 2.45) is 0 Å². The van der Waals surface area contributed by atoms with Crippen molar-refractivity contribution in [1.29, 1.82) is 0 Å². The van der Waals surface area contributed by atoms with Gasteiger partial charge in [0, 0.05) is 12.4 Å². The van der Waals surface area contributed by atoms with Gasteiger partial charge in [-0.25, -0.2) is 0 Å². The number of fused-ring (bicyclic) bond motifs is 4. The third-order valence-corrected chi connectivity index (χ3v) is 7.53. The van der Waals surface area contributed by atoms with Crippen molar-refractivity contribution in [1.82, 2.24) is 20.0 Å². The summed E-state index contributed by atoms with van der Waals surface area (Å²) in [5, 5.41) is 16.9. The van der Waals surface area contributed by atoms with Gasteiger partial charge in [-0.2, -0.15) is 4.80 Å². The van der Waals surface area contributed by atoms with E-state index in [0.29, 0.717) is 0 Å². The SMILES string of the molecule is c1ccc2cc(-c3c4ccccc4c(-c4ccc5nn(-c6ccncc6)nc5c4)c4ccccc34)ccc2c1. The fraction of sp³-hybridized carbons (Fsp3) is 0. The van der Waals surface area contributed by atoms with E-state index < -0.39 is 0 Å². The topological polar surface area (TPSA) is 43.6 Å². The second-order valence-corrected chi connectivity index (χ2v) is 9.80. The number of benzene rings is 6. The first-order valence-electron chi connectivity index (χ1n) is 13.0. The van der Waals surface area contributed by atoms with Gasteiger partial charge in [0.1, 0.15) is 11.0 Å². The van der Waals surface area contributed by atoms with Crippen LogP contribution in [0.25, 0.3) is 71.3 Å². The molecule has 2 heterocycles. The van der Waals surface area contributed by atoms with Crippen LogP contribution in [0.2, 0.25) is 0 Å². The van der Waals surface area contributed by atoms with E-state index in [1.807, 2.05) is 12.1 Å². The number of pyridine rings is 1. The van der Waals surface area contributed by atoms with E-state index in [-0.39, 0.29) is 0 Å². The van der Waals surface area contributed by atoms with Crippen LogP contribution in [0.1, 0.15) is 0 Å². The van der Waals surface area contributed by atoms with Gasteiger partial charge in [-0.3, -0.25) is 4.98 Å². The zero-order chi connectivity index (χ0) is 25.8. The Morgan fingerprint density at radius 2 is 0.974 bits per heavy atom. The Bertz CT molecular complexity index is 2120. The average molecular weight is 499 g/mol. The predicted octanol–water partition coefficient (Wildman–Crippen LogP) is 8.61. The highest BCUT2D eigenvalue weighted by Gasteiger charge is 2.17. The molecule has 39 heavy (non-hydrogen) atoms. The minimum atomic E-state index is 0.857. The molecule has 0 fully saturated rings. The molecule has 4 heteroatoms.